The van der Waals surface area contributed by atoms with Gasteiger partial charge in [0.1, 0.15) is 10.8 Å². The van der Waals surface area contributed by atoms with Crippen LogP contribution in [-0.4, -0.2) is 64.7 Å². The Kier molecular flexibility index (Phi) is 8.37. The molecule has 216 valence electrons. The van der Waals surface area contributed by atoms with Crippen molar-refractivity contribution in [3.05, 3.63) is 80.8 Å². The van der Waals surface area contributed by atoms with Gasteiger partial charge in [0.05, 0.1) is 24.8 Å². The number of aliphatic hydroxyl groups is 1. The quantitative estimate of drug-likeness (QED) is 0.373. The summed E-state index contributed by atoms with van der Waals surface area (Å²) in [4.78, 5) is 34.5. The summed E-state index contributed by atoms with van der Waals surface area (Å²) in [5.41, 5.74) is 3.78. The maximum atomic E-state index is 14.1. The van der Waals surface area contributed by atoms with Crippen LogP contribution in [0.5, 0.6) is 5.75 Å². The average Bonchev–Trinajstić information content (AvgIpc) is 3.78. The lowest BCUT2D eigenvalue weighted by Gasteiger charge is -2.29. The number of carbonyl (C=O) groups excluding carboxylic acids is 2. The van der Waals surface area contributed by atoms with Crippen LogP contribution in [0, 0.1) is 6.92 Å². The number of aliphatic hydroxyl groups excluding tert-OH is 1. The summed E-state index contributed by atoms with van der Waals surface area (Å²) in [5.74, 6) is 0.209. The topological polar surface area (TPSA) is 104 Å². The van der Waals surface area contributed by atoms with Crippen LogP contribution in [0.4, 0.5) is 0 Å². The van der Waals surface area contributed by atoms with Crippen molar-refractivity contribution in [1.29, 1.82) is 0 Å². The van der Waals surface area contributed by atoms with Crippen LogP contribution in [0.1, 0.15) is 80.7 Å². The van der Waals surface area contributed by atoms with Crippen molar-refractivity contribution in [3.63, 3.8) is 0 Å². The van der Waals surface area contributed by atoms with Gasteiger partial charge in [0, 0.05) is 40.4 Å². The molecule has 6 rings (SSSR count). The van der Waals surface area contributed by atoms with Gasteiger partial charge in [0.25, 0.3) is 11.8 Å². The van der Waals surface area contributed by atoms with Crippen LogP contribution in [0.25, 0.3) is 0 Å². The van der Waals surface area contributed by atoms with E-state index < -0.39 is 12.1 Å². The summed E-state index contributed by atoms with van der Waals surface area (Å²) >= 11 is 1.60. The molecule has 3 N–H and O–H groups in total. The van der Waals surface area contributed by atoms with E-state index in [4.69, 9.17) is 4.74 Å². The zero-order valence-electron chi connectivity index (χ0n) is 23.5. The second kappa shape index (κ2) is 12.3. The van der Waals surface area contributed by atoms with Gasteiger partial charge in [0.2, 0.25) is 0 Å². The summed E-state index contributed by atoms with van der Waals surface area (Å²) in [7, 11) is 0. The lowest BCUT2D eigenvalue weighted by Crippen LogP contribution is -2.52. The molecule has 4 atom stereocenters. The number of hydrogen-bond acceptors (Lipinski definition) is 7. The Bertz CT molecular complexity index is 1390. The van der Waals surface area contributed by atoms with E-state index in [0.29, 0.717) is 36.4 Å². The molecule has 0 bridgehead atoms. The molecule has 8 nitrogen and oxygen atoms in total. The third kappa shape index (κ3) is 6.03. The minimum absolute atomic E-state index is 0.0526. The summed E-state index contributed by atoms with van der Waals surface area (Å²) in [6.07, 6.45) is 4.98. The number of hydrogen-bond donors (Lipinski definition) is 3. The number of fused-ring (bicyclic) bond motifs is 1. The van der Waals surface area contributed by atoms with Crippen molar-refractivity contribution in [2.24, 2.45) is 0 Å². The molecule has 0 spiro atoms. The van der Waals surface area contributed by atoms with Gasteiger partial charge in [-0.2, -0.15) is 0 Å². The first-order valence-corrected chi connectivity index (χ1v) is 15.6. The smallest absolute Gasteiger partial charge is 0.254 e. The number of aromatic nitrogens is 1. The van der Waals surface area contributed by atoms with Crippen LogP contribution in [0.2, 0.25) is 0 Å². The molecular weight excluding hydrogens is 536 g/mol. The fraction of sp³-hybridized carbons (Fsp3) is 0.469. The second-order valence-corrected chi connectivity index (χ2v) is 12.3. The number of rotatable bonds is 8. The number of likely N-dealkylation sites (tertiary alicyclic amines) is 1. The largest absolute Gasteiger partial charge is 0.493 e. The first-order valence-electron chi connectivity index (χ1n) is 14.8. The fourth-order valence-corrected chi connectivity index (χ4v) is 7.33. The van der Waals surface area contributed by atoms with E-state index in [9.17, 15) is 14.7 Å². The average molecular weight is 575 g/mol. The highest BCUT2D eigenvalue weighted by Crippen LogP contribution is 2.37. The van der Waals surface area contributed by atoms with Crippen molar-refractivity contribution < 1.29 is 19.4 Å². The first-order chi connectivity index (χ1) is 20.0. The van der Waals surface area contributed by atoms with Crippen LogP contribution in [0.3, 0.4) is 0 Å². The number of amides is 2. The highest BCUT2D eigenvalue weighted by molar-refractivity contribution is 7.09. The molecule has 0 radical (unpaired) electrons. The fourth-order valence-electron chi connectivity index (χ4n) is 6.39. The lowest BCUT2D eigenvalue weighted by molar-refractivity contribution is 0.0730. The van der Waals surface area contributed by atoms with Crippen molar-refractivity contribution >= 4 is 23.2 Å². The van der Waals surface area contributed by atoms with Crippen molar-refractivity contribution in [3.8, 4) is 5.75 Å². The zero-order chi connectivity index (χ0) is 28.3. The molecule has 3 aliphatic rings. The second-order valence-electron chi connectivity index (χ2n) is 11.4. The Morgan fingerprint density at radius 2 is 2.05 bits per heavy atom. The predicted octanol–water partition coefficient (Wildman–Crippen LogP) is 4.21. The van der Waals surface area contributed by atoms with E-state index in [-0.39, 0.29) is 23.9 Å². The summed E-state index contributed by atoms with van der Waals surface area (Å²) in [5, 5.41) is 20.8. The Balaban J connectivity index is 1.29. The van der Waals surface area contributed by atoms with E-state index >= 15 is 0 Å². The predicted molar refractivity (Wildman–Crippen MR) is 159 cm³/mol. The van der Waals surface area contributed by atoms with Gasteiger partial charge in [-0.15, -0.1) is 11.3 Å². The van der Waals surface area contributed by atoms with Gasteiger partial charge in [-0.3, -0.25) is 9.59 Å². The van der Waals surface area contributed by atoms with E-state index in [2.05, 4.69) is 15.6 Å². The number of thiazole rings is 1. The third-order valence-electron chi connectivity index (χ3n) is 8.50. The number of ether oxygens (including phenoxy) is 1. The Labute approximate surface area is 245 Å². The van der Waals surface area contributed by atoms with Crippen molar-refractivity contribution in [2.75, 3.05) is 19.7 Å². The van der Waals surface area contributed by atoms with Gasteiger partial charge in [-0.25, -0.2) is 4.98 Å². The van der Waals surface area contributed by atoms with Crippen LogP contribution in [-0.2, 0) is 12.8 Å². The summed E-state index contributed by atoms with van der Waals surface area (Å²) < 4.78 is 5.99. The Morgan fingerprint density at radius 3 is 2.80 bits per heavy atom. The first kappa shape index (κ1) is 27.9. The monoisotopic (exact) mass is 574 g/mol. The number of nitrogens with zero attached hydrogens (tertiary/aromatic N) is 2. The Hall–Kier alpha value is -3.27. The van der Waals surface area contributed by atoms with Crippen LogP contribution in [0.15, 0.2) is 47.8 Å². The molecule has 1 aromatic heterocycles. The summed E-state index contributed by atoms with van der Waals surface area (Å²) in [6.45, 7) is 4.05. The van der Waals surface area contributed by atoms with E-state index in [1.54, 1.807) is 23.5 Å². The van der Waals surface area contributed by atoms with Gasteiger partial charge in [-0.1, -0.05) is 30.3 Å². The maximum absolute atomic E-state index is 14.1. The molecule has 0 unspecified atom stereocenters. The molecule has 4 heterocycles. The highest BCUT2D eigenvalue weighted by Gasteiger charge is 2.36. The standard InChI is InChI=1S/C32H38N4O4S/c1-20-19-41-31(34-20)27-12-6-14-36(27)32(39)24-17-22(18-28-23(24)10-7-15-40-28)30(38)35-26(16-21-8-3-2-4-9-21)29(37)25-11-5-13-33-25/h2-4,8-9,17-19,25-27,29,33,37H,5-7,10-16H2,1H3,(H,35,38)/t25-,26+,27-,29-/m1/s1. The molecule has 0 saturated carbocycles. The summed E-state index contributed by atoms with van der Waals surface area (Å²) in [6, 6.07) is 12.8. The Morgan fingerprint density at radius 1 is 1.20 bits per heavy atom. The molecular formula is C32H38N4O4S. The molecule has 9 heteroatoms. The maximum Gasteiger partial charge on any atom is 0.254 e. The SMILES string of the molecule is Cc1csc([C@H]2CCCN2C(=O)c2cc(C(=O)N[C@@H](Cc3ccccc3)[C@H](O)[C@H]3CCCN3)cc3c2CCCO3)n1. The van der Waals surface area contributed by atoms with E-state index in [0.717, 1.165) is 66.9 Å². The van der Waals surface area contributed by atoms with E-state index in [1.165, 1.54) is 0 Å². The molecule has 0 aliphatic carbocycles. The zero-order valence-corrected chi connectivity index (χ0v) is 24.3. The number of carbonyl (C=O) groups is 2. The molecule has 3 aromatic rings. The highest BCUT2D eigenvalue weighted by atomic mass is 32.1. The van der Waals surface area contributed by atoms with Crippen LogP contribution < -0.4 is 15.4 Å². The van der Waals surface area contributed by atoms with Gasteiger partial charge >= 0.3 is 0 Å². The normalized spacial score (nSPS) is 21.7. The van der Waals surface area contributed by atoms with Crippen LogP contribution >= 0.6 is 11.3 Å². The van der Waals surface area contributed by atoms with Gasteiger partial charge in [0.15, 0.2) is 0 Å². The minimum Gasteiger partial charge on any atom is -0.493 e. The minimum atomic E-state index is -0.747. The molecule has 3 aliphatic heterocycles. The third-order valence-corrected chi connectivity index (χ3v) is 9.57. The van der Waals surface area contributed by atoms with Crippen molar-refractivity contribution in [1.82, 2.24) is 20.5 Å². The molecule has 2 saturated heterocycles. The molecule has 2 amide bonds. The molecule has 2 fully saturated rings. The number of nitrogens with one attached hydrogen (secondary N) is 2. The lowest BCUT2D eigenvalue weighted by atomic mass is 9.93. The van der Waals surface area contributed by atoms with E-state index in [1.807, 2.05) is 47.5 Å². The molecule has 41 heavy (non-hydrogen) atoms. The van der Waals surface area contributed by atoms with Crippen molar-refractivity contribution in [2.45, 2.75) is 76.1 Å². The number of aryl methyl sites for hydroxylation is 1. The number of benzene rings is 2. The van der Waals surface area contributed by atoms with Gasteiger partial charge in [-0.05, 0) is 76.1 Å². The van der Waals surface area contributed by atoms with Gasteiger partial charge < -0.3 is 25.4 Å². The molecule has 2 aromatic carbocycles.